The molecule has 2 aromatic heterocycles. The standard InChI is InChI=1S/C21H25N5O3/c27-19(21-22-5-9-29-21)15-2-1-6-26(13-15)20-17-4-3-16(12-18(17)23-14-24-20)25-7-10-28-11-8-25/h3-5,9,12,14-15,19,27H,1-2,6-8,10-11,13H2. The monoisotopic (exact) mass is 395 g/mol. The number of benzene rings is 1. The molecule has 3 aromatic rings. The number of aliphatic hydroxyl groups is 1. The first kappa shape index (κ1) is 18.3. The van der Waals surface area contributed by atoms with Gasteiger partial charge in [0.15, 0.2) is 0 Å². The third kappa shape index (κ3) is 3.65. The lowest BCUT2D eigenvalue weighted by Crippen LogP contribution is -2.38. The molecule has 8 nitrogen and oxygen atoms in total. The molecule has 5 rings (SSSR count). The Balaban J connectivity index is 1.40. The van der Waals surface area contributed by atoms with Crippen molar-refractivity contribution >= 4 is 22.4 Å². The van der Waals surface area contributed by atoms with E-state index in [0.29, 0.717) is 12.4 Å². The van der Waals surface area contributed by atoms with E-state index in [2.05, 4.69) is 43.0 Å². The van der Waals surface area contributed by atoms with Crippen LogP contribution in [0, 0.1) is 5.92 Å². The van der Waals surface area contributed by atoms with Crippen LogP contribution in [0.1, 0.15) is 24.8 Å². The SMILES string of the molecule is OC(c1ncco1)C1CCCN(c2ncnc3cc(N4CCOCC4)ccc23)C1. The van der Waals surface area contributed by atoms with E-state index in [4.69, 9.17) is 9.15 Å². The van der Waals surface area contributed by atoms with Crippen LogP contribution < -0.4 is 9.80 Å². The number of hydrogen-bond acceptors (Lipinski definition) is 8. The van der Waals surface area contributed by atoms with E-state index in [9.17, 15) is 5.11 Å². The van der Waals surface area contributed by atoms with Crippen LogP contribution >= 0.6 is 0 Å². The summed E-state index contributed by atoms with van der Waals surface area (Å²) >= 11 is 0. The topological polar surface area (TPSA) is 87.8 Å². The summed E-state index contributed by atoms with van der Waals surface area (Å²) in [6.45, 7) is 4.93. The van der Waals surface area contributed by atoms with Crippen molar-refractivity contribution in [1.29, 1.82) is 0 Å². The predicted octanol–water partition coefficient (Wildman–Crippen LogP) is 2.40. The van der Waals surface area contributed by atoms with Gasteiger partial charge in [-0.2, -0.15) is 0 Å². The minimum absolute atomic E-state index is 0.0556. The van der Waals surface area contributed by atoms with Gasteiger partial charge in [0.25, 0.3) is 0 Å². The van der Waals surface area contributed by atoms with Crippen molar-refractivity contribution in [3.63, 3.8) is 0 Å². The first-order chi connectivity index (χ1) is 14.3. The van der Waals surface area contributed by atoms with E-state index in [1.807, 2.05) is 0 Å². The Kier molecular flexibility index (Phi) is 5.03. The summed E-state index contributed by atoms with van der Waals surface area (Å²) in [4.78, 5) is 17.8. The molecule has 0 saturated carbocycles. The fraction of sp³-hybridized carbons (Fsp3) is 0.476. The average Bonchev–Trinajstić information content (AvgIpc) is 3.33. The molecule has 0 radical (unpaired) electrons. The molecule has 2 saturated heterocycles. The number of fused-ring (bicyclic) bond motifs is 1. The average molecular weight is 395 g/mol. The second-order valence-electron chi connectivity index (χ2n) is 7.66. The summed E-state index contributed by atoms with van der Waals surface area (Å²) in [5.74, 6) is 1.37. The number of hydrogen-bond donors (Lipinski definition) is 1. The molecule has 1 N–H and O–H groups in total. The maximum atomic E-state index is 10.7. The third-order valence-electron chi connectivity index (χ3n) is 5.88. The molecule has 8 heteroatoms. The Bertz CT molecular complexity index is 958. The lowest BCUT2D eigenvalue weighted by molar-refractivity contribution is 0.0722. The number of morpholine rings is 1. The highest BCUT2D eigenvalue weighted by molar-refractivity contribution is 5.91. The van der Waals surface area contributed by atoms with Crippen LogP contribution in [0.25, 0.3) is 10.9 Å². The van der Waals surface area contributed by atoms with Crippen molar-refractivity contribution in [3.05, 3.63) is 42.9 Å². The smallest absolute Gasteiger partial charge is 0.223 e. The normalized spacial score (nSPS) is 21.5. The van der Waals surface area contributed by atoms with E-state index in [1.54, 1.807) is 12.5 Å². The molecule has 0 aliphatic carbocycles. The highest BCUT2D eigenvalue weighted by Gasteiger charge is 2.30. The van der Waals surface area contributed by atoms with Gasteiger partial charge in [-0.05, 0) is 31.0 Å². The van der Waals surface area contributed by atoms with Gasteiger partial charge in [-0.3, -0.25) is 0 Å². The first-order valence-corrected chi connectivity index (χ1v) is 10.2. The lowest BCUT2D eigenvalue weighted by atomic mass is 9.92. The fourth-order valence-corrected chi connectivity index (χ4v) is 4.34. The minimum Gasteiger partial charge on any atom is -0.446 e. The van der Waals surface area contributed by atoms with Crippen molar-refractivity contribution in [1.82, 2.24) is 15.0 Å². The van der Waals surface area contributed by atoms with Gasteiger partial charge in [0.2, 0.25) is 5.89 Å². The van der Waals surface area contributed by atoms with E-state index < -0.39 is 6.10 Å². The van der Waals surface area contributed by atoms with Crippen molar-refractivity contribution in [3.8, 4) is 0 Å². The van der Waals surface area contributed by atoms with E-state index in [-0.39, 0.29) is 5.92 Å². The molecule has 2 aliphatic heterocycles. The summed E-state index contributed by atoms with van der Waals surface area (Å²) in [5.41, 5.74) is 2.11. The molecule has 2 atom stereocenters. The number of aromatic nitrogens is 3. The second-order valence-corrected chi connectivity index (χ2v) is 7.66. The van der Waals surface area contributed by atoms with Crippen molar-refractivity contribution in [2.24, 2.45) is 5.92 Å². The van der Waals surface area contributed by atoms with Crippen molar-refractivity contribution in [2.75, 3.05) is 49.2 Å². The fourth-order valence-electron chi connectivity index (χ4n) is 4.34. The summed E-state index contributed by atoms with van der Waals surface area (Å²) in [7, 11) is 0. The lowest BCUT2D eigenvalue weighted by Gasteiger charge is -2.35. The predicted molar refractivity (Wildman–Crippen MR) is 109 cm³/mol. The Morgan fingerprint density at radius 1 is 1.07 bits per heavy atom. The zero-order valence-electron chi connectivity index (χ0n) is 16.3. The Hall–Kier alpha value is -2.71. The van der Waals surface area contributed by atoms with Gasteiger partial charge in [-0.1, -0.05) is 0 Å². The van der Waals surface area contributed by atoms with Crippen LogP contribution in [0.3, 0.4) is 0 Å². The van der Waals surface area contributed by atoms with Crippen LogP contribution in [-0.2, 0) is 4.74 Å². The molecular formula is C21H25N5O3. The van der Waals surface area contributed by atoms with E-state index >= 15 is 0 Å². The van der Waals surface area contributed by atoms with E-state index in [0.717, 1.165) is 62.4 Å². The second kappa shape index (κ2) is 7.96. The maximum absolute atomic E-state index is 10.7. The number of aliphatic hydroxyl groups excluding tert-OH is 1. The zero-order valence-corrected chi connectivity index (χ0v) is 16.3. The summed E-state index contributed by atoms with van der Waals surface area (Å²) in [6, 6.07) is 6.39. The Labute approximate surface area is 169 Å². The Morgan fingerprint density at radius 3 is 2.79 bits per heavy atom. The molecule has 0 amide bonds. The molecule has 29 heavy (non-hydrogen) atoms. The van der Waals surface area contributed by atoms with Gasteiger partial charge in [-0.15, -0.1) is 0 Å². The van der Waals surface area contributed by atoms with Crippen LogP contribution in [0.2, 0.25) is 0 Å². The highest BCUT2D eigenvalue weighted by atomic mass is 16.5. The third-order valence-corrected chi connectivity index (χ3v) is 5.88. The number of rotatable bonds is 4. The minimum atomic E-state index is -0.700. The van der Waals surface area contributed by atoms with Gasteiger partial charge in [-0.25, -0.2) is 15.0 Å². The highest BCUT2D eigenvalue weighted by Crippen LogP contribution is 2.33. The van der Waals surface area contributed by atoms with Crippen LogP contribution in [0.15, 0.2) is 41.4 Å². The molecule has 1 aromatic carbocycles. The zero-order chi connectivity index (χ0) is 19.6. The number of nitrogens with zero attached hydrogens (tertiary/aromatic N) is 5. The van der Waals surface area contributed by atoms with Crippen molar-refractivity contribution < 1.29 is 14.3 Å². The summed E-state index contributed by atoms with van der Waals surface area (Å²) < 4.78 is 10.8. The summed E-state index contributed by atoms with van der Waals surface area (Å²) in [6.07, 6.45) is 5.93. The number of piperidine rings is 1. The number of anilines is 2. The molecule has 0 spiro atoms. The van der Waals surface area contributed by atoms with Gasteiger partial charge < -0.3 is 24.1 Å². The van der Waals surface area contributed by atoms with Gasteiger partial charge in [0.1, 0.15) is 24.5 Å². The molecule has 152 valence electrons. The number of ether oxygens (including phenoxy) is 1. The Morgan fingerprint density at radius 2 is 1.97 bits per heavy atom. The maximum Gasteiger partial charge on any atom is 0.223 e. The quantitative estimate of drug-likeness (QED) is 0.721. The molecule has 0 bridgehead atoms. The number of oxazole rings is 1. The van der Waals surface area contributed by atoms with Gasteiger partial charge in [0, 0.05) is 43.2 Å². The molecule has 4 heterocycles. The van der Waals surface area contributed by atoms with Gasteiger partial charge in [0.05, 0.1) is 24.9 Å². The van der Waals surface area contributed by atoms with Gasteiger partial charge >= 0.3 is 0 Å². The summed E-state index contributed by atoms with van der Waals surface area (Å²) in [5, 5.41) is 11.7. The first-order valence-electron chi connectivity index (χ1n) is 10.2. The van der Waals surface area contributed by atoms with Crippen LogP contribution in [-0.4, -0.2) is 59.5 Å². The molecule has 2 fully saturated rings. The largest absolute Gasteiger partial charge is 0.446 e. The van der Waals surface area contributed by atoms with Crippen molar-refractivity contribution in [2.45, 2.75) is 18.9 Å². The molecule has 2 unspecified atom stereocenters. The molecule has 2 aliphatic rings. The van der Waals surface area contributed by atoms with E-state index in [1.165, 1.54) is 12.0 Å². The molecular weight excluding hydrogens is 370 g/mol. The van der Waals surface area contributed by atoms with Crippen LogP contribution in [0.4, 0.5) is 11.5 Å². The van der Waals surface area contributed by atoms with Crippen LogP contribution in [0.5, 0.6) is 0 Å².